The number of pyridine rings is 1. The second kappa shape index (κ2) is 10.7. The average Bonchev–Trinajstić information content (AvgIpc) is 3.21. The number of amides is 1. The van der Waals surface area contributed by atoms with Crippen molar-refractivity contribution in [3.63, 3.8) is 0 Å². The summed E-state index contributed by atoms with van der Waals surface area (Å²) in [5.74, 6) is -2.34. The molecule has 3 aromatic rings. The number of carbonyl (C=O) groups is 1. The molecule has 5 rings (SSSR count). The van der Waals surface area contributed by atoms with Gasteiger partial charge in [-0.3, -0.25) is 9.59 Å². The van der Waals surface area contributed by atoms with E-state index in [0.717, 1.165) is 42.6 Å². The van der Waals surface area contributed by atoms with Crippen molar-refractivity contribution in [2.75, 3.05) is 0 Å². The summed E-state index contributed by atoms with van der Waals surface area (Å²) in [4.78, 5) is 26.5. The summed E-state index contributed by atoms with van der Waals surface area (Å²) in [6.45, 7) is 0. The summed E-state index contributed by atoms with van der Waals surface area (Å²) in [6.07, 6.45) is -11.8. The number of H-pyrrole nitrogens is 1. The standard InChI is InChI=1S/C29H24F8N2O4S/c30-19-6-8-20(9-7-19)44(42,43)26-13-12-23(39-25(41)17-4-11-24(40)38-15-17)22(26)3-1-2-16-14-18(5-10-21(16)26)27(31,28(32,33)34)29(35,36)37/h4-11,14-15,22-23H,1-3,12-13H2,(H,38,40)(H,39,41)/t22-,23+,26+/m0/s1. The van der Waals surface area contributed by atoms with E-state index in [1.807, 2.05) is 0 Å². The van der Waals surface area contributed by atoms with E-state index in [0.29, 0.717) is 12.1 Å². The van der Waals surface area contributed by atoms with Gasteiger partial charge in [0.05, 0.1) is 10.5 Å². The van der Waals surface area contributed by atoms with Crippen LogP contribution in [0.25, 0.3) is 0 Å². The second-order valence-corrected chi connectivity index (χ2v) is 13.1. The summed E-state index contributed by atoms with van der Waals surface area (Å²) >= 11 is 0. The van der Waals surface area contributed by atoms with E-state index in [2.05, 4.69) is 10.3 Å². The van der Waals surface area contributed by atoms with Crippen LogP contribution in [0.1, 0.15) is 52.7 Å². The fourth-order valence-corrected chi connectivity index (χ4v) is 9.03. The number of alkyl halides is 7. The Hall–Kier alpha value is -3.75. The summed E-state index contributed by atoms with van der Waals surface area (Å²) in [7, 11) is -4.56. The SMILES string of the molecule is O=C(N[C@@H]1CC[C@@]2(S(=O)(=O)c3ccc(F)cc3)c3ccc(C(F)(C(F)(F)F)C(F)(F)F)cc3CCC[C@@H]12)c1ccc(=O)[nH]c1. The molecule has 1 saturated carbocycles. The van der Waals surface area contributed by atoms with Gasteiger partial charge < -0.3 is 10.3 Å². The van der Waals surface area contributed by atoms with Gasteiger partial charge >= 0.3 is 18.0 Å². The van der Waals surface area contributed by atoms with Gasteiger partial charge in [-0.2, -0.15) is 26.3 Å². The predicted octanol–water partition coefficient (Wildman–Crippen LogP) is 6.02. The Bertz CT molecular complexity index is 1720. The topological polar surface area (TPSA) is 96.1 Å². The van der Waals surface area contributed by atoms with Crippen molar-refractivity contribution in [3.8, 4) is 0 Å². The number of nitrogens with one attached hydrogen (secondary N) is 2. The van der Waals surface area contributed by atoms with Gasteiger partial charge in [-0.05, 0) is 73.6 Å². The number of aromatic nitrogens is 1. The van der Waals surface area contributed by atoms with E-state index in [1.54, 1.807) is 0 Å². The minimum Gasteiger partial charge on any atom is -0.349 e. The molecule has 0 unspecified atom stereocenters. The third-order valence-electron chi connectivity index (χ3n) is 8.58. The highest BCUT2D eigenvalue weighted by molar-refractivity contribution is 7.92. The first-order chi connectivity index (χ1) is 20.4. The van der Waals surface area contributed by atoms with Crippen molar-refractivity contribution in [2.24, 2.45) is 5.92 Å². The molecule has 2 N–H and O–H groups in total. The smallest absolute Gasteiger partial charge is 0.349 e. The largest absolute Gasteiger partial charge is 0.435 e. The summed E-state index contributed by atoms with van der Waals surface area (Å²) in [5.41, 5.74) is -8.18. The van der Waals surface area contributed by atoms with Gasteiger partial charge in [-0.15, -0.1) is 0 Å². The number of halogens is 8. The van der Waals surface area contributed by atoms with E-state index in [1.165, 1.54) is 6.07 Å². The molecule has 0 spiro atoms. The maximum atomic E-state index is 15.0. The fraction of sp³-hybridized carbons (Fsp3) is 0.379. The van der Waals surface area contributed by atoms with E-state index in [4.69, 9.17) is 0 Å². The number of aromatic amines is 1. The molecule has 2 aromatic carbocycles. The highest BCUT2D eigenvalue weighted by Gasteiger charge is 2.73. The number of hydrogen-bond donors (Lipinski definition) is 2. The molecule has 0 bridgehead atoms. The van der Waals surface area contributed by atoms with Gasteiger partial charge in [-0.25, -0.2) is 17.2 Å². The third kappa shape index (κ3) is 4.88. The van der Waals surface area contributed by atoms with Crippen LogP contribution in [0.15, 0.2) is 70.5 Å². The molecule has 6 nitrogen and oxygen atoms in total. The van der Waals surface area contributed by atoms with Crippen molar-refractivity contribution in [3.05, 3.63) is 99.2 Å². The van der Waals surface area contributed by atoms with Crippen molar-refractivity contribution in [2.45, 2.75) is 65.8 Å². The summed E-state index contributed by atoms with van der Waals surface area (Å²) in [6, 6.07) is 6.84. The van der Waals surface area contributed by atoms with Gasteiger partial charge in [-0.1, -0.05) is 18.2 Å². The Morgan fingerprint density at radius 2 is 1.57 bits per heavy atom. The first kappa shape index (κ1) is 31.7. The van der Waals surface area contributed by atoms with Crippen LogP contribution in [0, 0.1) is 11.7 Å². The van der Waals surface area contributed by atoms with Crippen LogP contribution in [0.2, 0.25) is 0 Å². The molecule has 2 aliphatic rings. The molecule has 15 heteroatoms. The number of fused-ring (bicyclic) bond motifs is 3. The van der Waals surface area contributed by atoms with E-state index in [9.17, 15) is 48.7 Å². The number of carbonyl (C=O) groups excluding carboxylic acids is 1. The van der Waals surface area contributed by atoms with E-state index < -0.39 is 67.4 Å². The predicted molar refractivity (Wildman–Crippen MR) is 141 cm³/mol. The van der Waals surface area contributed by atoms with Gasteiger partial charge in [0.2, 0.25) is 5.56 Å². The second-order valence-electron chi connectivity index (χ2n) is 10.9. The molecule has 236 valence electrons. The highest BCUT2D eigenvalue weighted by Crippen LogP contribution is 2.58. The molecular formula is C29H24F8N2O4S. The highest BCUT2D eigenvalue weighted by atomic mass is 32.2. The van der Waals surface area contributed by atoms with E-state index in [-0.39, 0.29) is 53.7 Å². The van der Waals surface area contributed by atoms with Gasteiger partial charge in [0.1, 0.15) is 10.6 Å². The van der Waals surface area contributed by atoms with Crippen molar-refractivity contribution in [1.82, 2.24) is 10.3 Å². The first-order valence-electron chi connectivity index (χ1n) is 13.4. The number of rotatable bonds is 5. The zero-order valence-electron chi connectivity index (χ0n) is 22.5. The zero-order chi connectivity index (χ0) is 32.3. The van der Waals surface area contributed by atoms with Crippen LogP contribution >= 0.6 is 0 Å². The summed E-state index contributed by atoms with van der Waals surface area (Å²) < 4.78 is 137. The fourth-order valence-electron chi connectivity index (χ4n) is 6.56. The third-order valence-corrected chi connectivity index (χ3v) is 11.2. The van der Waals surface area contributed by atoms with Gasteiger partial charge in [0.25, 0.3) is 5.91 Å². The maximum Gasteiger partial charge on any atom is 0.435 e. The van der Waals surface area contributed by atoms with Crippen LogP contribution in [0.3, 0.4) is 0 Å². The molecule has 44 heavy (non-hydrogen) atoms. The lowest BCUT2D eigenvalue weighted by atomic mass is 9.82. The lowest BCUT2D eigenvalue weighted by molar-refractivity contribution is -0.348. The average molecular weight is 649 g/mol. The number of hydrogen-bond acceptors (Lipinski definition) is 4. The monoisotopic (exact) mass is 648 g/mol. The number of sulfone groups is 1. The Kier molecular flexibility index (Phi) is 7.70. The molecular weight excluding hydrogens is 624 g/mol. The van der Waals surface area contributed by atoms with Crippen molar-refractivity contribution >= 4 is 15.7 Å². The molecule has 0 aliphatic heterocycles. The van der Waals surface area contributed by atoms with Crippen LogP contribution in [0.4, 0.5) is 35.1 Å². The Morgan fingerprint density at radius 3 is 2.16 bits per heavy atom. The minimum atomic E-state index is -6.37. The maximum absolute atomic E-state index is 15.0. The van der Waals surface area contributed by atoms with E-state index >= 15 is 4.39 Å². The lowest BCUT2D eigenvalue weighted by Crippen LogP contribution is -2.50. The summed E-state index contributed by atoms with van der Waals surface area (Å²) in [5, 5.41) is 2.76. The molecule has 0 saturated heterocycles. The quantitative estimate of drug-likeness (QED) is 0.262. The molecule has 3 atom stereocenters. The zero-order valence-corrected chi connectivity index (χ0v) is 23.3. The molecule has 1 aromatic heterocycles. The van der Waals surface area contributed by atoms with Crippen molar-refractivity contribution < 1.29 is 48.3 Å². The molecule has 1 amide bonds. The lowest BCUT2D eigenvalue weighted by Gasteiger charge is -2.38. The van der Waals surface area contributed by atoms with Crippen LogP contribution in [0.5, 0.6) is 0 Å². The normalized spacial score (nSPS) is 22.5. The number of aryl methyl sites for hydroxylation is 1. The number of benzene rings is 2. The first-order valence-corrected chi connectivity index (χ1v) is 14.9. The van der Waals surface area contributed by atoms with Crippen molar-refractivity contribution in [1.29, 1.82) is 0 Å². The van der Waals surface area contributed by atoms with Crippen LogP contribution < -0.4 is 10.9 Å². The molecule has 2 aliphatic carbocycles. The van der Waals surface area contributed by atoms with Crippen LogP contribution in [-0.2, 0) is 26.7 Å². The Balaban J connectivity index is 1.68. The molecule has 1 fully saturated rings. The Labute approximate surface area is 245 Å². The minimum absolute atomic E-state index is 0.0412. The Morgan fingerprint density at radius 1 is 0.909 bits per heavy atom. The van der Waals surface area contributed by atoms with Gasteiger partial charge in [0, 0.05) is 29.8 Å². The molecule has 0 radical (unpaired) electrons. The van der Waals surface area contributed by atoms with Crippen LogP contribution in [-0.4, -0.2) is 37.7 Å². The van der Waals surface area contributed by atoms with Gasteiger partial charge in [0.15, 0.2) is 9.84 Å². The molecule has 1 heterocycles.